The number of nitrogens with one attached hydrogen (secondary N) is 1. The van der Waals surface area contributed by atoms with E-state index in [1.54, 1.807) is 0 Å². The van der Waals surface area contributed by atoms with Crippen molar-refractivity contribution in [3.63, 3.8) is 0 Å². The summed E-state index contributed by atoms with van der Waals surface area (Å²) in [5.74, 6) is 0. The topological polar surface area (TPSA) is 64.3 Å². The zero-order chi connectivity index (χ0) is 11.8. The van der Waals surface area contributed by atoms with Crippen LogP contribution < -0.4 is 11.1 Å². The molecule has 0 heterocycles. The molecule has 1 atom stereocenters. The number of hydrogen-bond donors (Lipinski definition) is 2. The third-order valence-electron chi connectivity index (χ3n) is 1.87. The summed E-state index contributed by atoms with van der Waals surface area (Å²) in [5.41, 5.74) is 6.44. The molecule has 0 fully saturated rings. The van der Waals surface area contributed by atoms with Gasteiger partial charge >= 0.3 is 6.09 Å². The lowest BCUT2D eigenvalue weighted by atomic mass is 10.2. The minimum Gasteiger partial charge on any atom is -0.445 e. The van der Waals surface area contributed by atoms with E-state index >= 15 is 0 Å². The van der Waals surface area contributed by atoms with E-state index in [-0.39, 0.29) is 19.2 Å². The highest BCUT2D eigenvalue weighted by atomic mass is 32.1. The van der Waals surface area contributed by atoms with Crippen LogP contribution in [0.15, 0.2) is 30.3 Å². The molecule has 0 spiro atoms. The standard InChI is InChI=1S/C11H14N2O2S/c12-10(8-16)6-13-11(14)15-7-9-4-2-1-3-5-9/h1-5,8,10H,6-7,12H2,(H,13,14). The van der Waals surface area contributed by atoms with Crippen molar-refractivity contribution in [3.05, 3.63) is 35.9 Å². The van der Waals surface area contributed by atoms with E-state index in [4.69, 9.17) is 10.5 Å². The summed E-state index contributed by atoms with van der Waals surface area (Å²) >= 11 is 4.63. The molecule has 0 aliphatic carbocycles. The van der Waals surface area contributed by atoms with Crippen molar-refractivity contribution >= 4 is 23.7 Å². The lowest BCUT2D eigenvalue weighted by Crippen LogP contribution is -2.37. The van der Waals surface area contributed by atoms with Gasteiger partial charge in [-0.25, -0.2) is 4.79 Å². The van der Waals surface area contributed by atoms with E-state index in [2.05, 4.69) is 17.5 Å². The molecule has 1 aromatic carbocycles. The van der Waals surface area contributed by atoms with Crippen LogP contribution in [0.25, 0.3) is 0 Å². The van der Waals surface area contributed by atoms with Crippen LogP contribution in [0.2, 0.25) is 0 Å². The quantitative estimate of drug-likeness (QED) is 0.758. The average molecular weight is 238 g/mol. The van der Waals surface area contributed by atoms with E-state index in [1.165, 1.54) is 5.37 Å². The molecule has 3 N–H and O–H groups in total. The number of benzene rings is 1. The Hall–Kier alpha value is -1.46. The van der Waals surface area contributed by atoms with Gasteiger partial charge in [0.1, 0.15) is 6.61 Å². The van der Waals surface area contributed by atoms with E-state index in [0.717, 1.165) is 5.56 Å². The predicted molar refractivity (Wildman–Crippen MR) is 66.3 cm³/mol. The minimum atomic E-state index is -0.490. The van der Waals surface area contributed by atoms with Crippen molar-refractivity contribution < 1.29 is 9.53 Å². The minimum absolute atomic E-state index is 0.250. The SMILES string of the molecule is NC(C=S)CNC(=O)OCc1ccccc1. The van der Waals surface area contributed by atoms with Crippen LogP contribution in [-0.4, -0.2) is 24.0 Å². The summed E-state index contributed by atoms with van der Waals surface area (Å²) in [7, 11) is 0. The van der Waals surface area contributed by atoms with Crippen molar-refractivity contribution in [2.45, 2.75) is 12.6 Å². The average Bonchev–Trinajstić information content (AvgIpc) is 2.34. The maximum Gasteiger partial charge on any atom is 0.407 e. The Morgan fingerprint density at radius 2 is 2.19 bits per heavy atom. The van der Waals surface area contributed by atoms with Crippen molar-refractivity contribution in [1.29, 1.82) is 0 Å². The zero-order valence-corrected chi connectivity index (χ0v) is 9.57. The van der Waals surface area contributed by atoms with Crippen LogP contribution in [0.3, 0.4) is 0 Å². The molecule has 0 aliphatic heterocycles. The number of alkyl carbamates (subject to hydrolysis) is 1. The summed E-state index contributed by atoms with van der Waals surface area (Å²) in [5, 5.41) is 3.92. The van der Waals surface area contributed by atoms with E-state index in [0.29, 0.717) is 0 Å². The Kier molecular flexibility index (Phi) is 5.45. The van der Waals surface area contributed by atoms with Gasteiger partial charge in [0, 0.05) is 6.54 Å². The van der Waals surface area contributed by atoms with Gasteiger partial charge in [-0.1, -0.05) is 42.5 Å². The highest BCUT2D eigenvalue weighted by molar-refractivity contribution is 7.79. The Labute approximate surface area is 99.8 Å². The molecular weight excluding hydrogens is 224 g/mol. The summed E-state index contributed by atoms with van der Waals surface area (Å²) in [4.78, 5) is 11.2. The molecule has 1 rings (SSSR count). The second-order valence-corrected chi connectivity index (χ2v) is 3.51. The third kappa shape index (κ3) is 4.86. The van der Waals surface area contributed by atoms with Crippen molar-refractivity contribution in [1.82, 2.24) is 5.32 Å². The molecule has 0 radical (unpaired) electrons. The summed E-state index contributed by atoms with van der Waals surface area (Å²) in [6.07, 6.45) is -0.490. The van der Waals surface area contributed by atoms with Crippen LogP contribution >= 0.6 is 12.2 Å². The molecule has 1 aromatic rings. The molecule has 0 bridgehead atoms. The van der Waals surface area contributed by atoms with E-state index in [1.807, 2.05) is 30.3 Å². The number of carbonyl (C=O) groups excluding carboxylic acids is 1. The first kappa shape index (κ1) is 12.6. The molecule has 0 aromatic heterocycles. The summed E-state index contributed by atoms with van der Waals surface area (Å²) in [6, 6.07) is 9.13. The number of hydrogen-bond acceptors (Lipinski definition) is 4. The maximum atomic E-state index is 11.2. The number of ether oxygens (including phenoxy) is 1. The summed E-state index contributed by atoms with van der Waals surface area (Å²) in [6.45, 7) is 0.538. The fourth-order valence-corrected chi connectivity index (χ4v) is 1.12. The fraction of sp³-hybridized carbons (Fsp3) is 0.273. The highest BCUT2D eigenvalue weighted by Gasteiger charge is 2.04. The molecule has 16 heavy (non-hydrogen) atoms. The molecule has 0 saturated heterocycles. The van der Waals surface area contributed by atoms with Crippen LogP contribution in [-0.2, 0) is 11.3 Å². The van der Waals surface area contributed by atoms with Crippen LogP contribution in [0.5, 0.6) is 0 Å². The number of carbonyl (C=O) groups is 1. The highest BCUT2D eigenvalue weighted by Crippen LogP contribution is 2.00. The normalized spacial score (nSPS) is 11.6. The smallest absolute Gasteiger partial charge is 0.407 e. The summed E-state index contributed by atoms with van der Waals surface area (Å²) < 4.78 is 4.97. The lowest BCUT2D eigenvalue weighted by molar-refractivity contribution is 0.139. The van der Waals surface area contributed by atoms with Gasteiger partial charge in [0.15, 0.2) is 0 Å². The van der Waals surface area contributed by atoms with Gasteiger partial charge in [-0.15, -0.1) is 0 Å². The Bertz CT molecular complexity index is 343. The molecule has 1 unspecified atom stereocenters. The zero-order valence-electron chi connectivity index (χ0n) is 8.76. The molecular formula is C11H14N2O2S. The second-order valence-electron chi connectivity index (χ2n) is 3.24. The number of thiocarbonyl (C=S) groups is 1. The molecule has 4 nitrogen and oxygen atoms in total. The lowest BCUT2D eigenvalue weighted by Gasteiger charge is -2.08. The van der Waals surface area contributed by atoms with Gasteiger partial charge in [0.25, 0.3) is 0 Å². The Balaban J connectivity index is 2.23. The van der Waals surface area contributed by atoms with Gasteiger partial charge in [0.05, 0.1) is 6.04 Å². The van der Waals surface area contributed by atoms with Crippen LogP contribution in [0, 0.1) is 0 Å². The van der Waals surface area contributed by atoms with Crippen molar-refractivity contribution in [3.8, 4) is 0 Å². The van der Waals surface area contributed by atoms with E-state index in [9.17, 15) is 4.79 Å². The van der Waals surface area contributed by atoms with E-state index < -0.39 is 6.09 Å². The first-order valence-electron chi connectivity index (χ1n) is 4.88. The molecule has 5 heteroatoms. The van der Waals surface area contributed by atoms with Gasteiger partial charge in [0.2, 0.25) is 0 Å². The van der Waals surface area contributed by atoms with Crippen molar-refractivity contribution in [2.24, 2.45) is 5.73 Å². The van der Waals surface area contributed by atoms with Gasteiger partial charge in [-0.05, 0) is 10.9 Å². The Morgan fingerprint density at radius 1 is 1.50 bits per heavy atom. The fourth-order valence-electron chi connectivity index (χ4n) is 1.02. The second kappa shape index (κ2) is 6.92. The third-order valence-corrected chi connectivity index (χ3v) is 2.22. The Morgan fingerprint density at radius 3 is 2.81 bits per heavy atom. The molecule has 86 valence electrons. The molecule has 0 saturated carbocycles. The maximum absolute atomic E-state index is 11.2. The number of amides is 1. The number of nitrogens with two attached hydrogens (primary N) is 1. The molecule has 0 aliphatic rings. The number of rotatable bonds is 5. The first-order chi connectivity index (χ1) is 7.72. The van der Waals surface area contributed by atoms with Gasteiger partial charge in [-0.3, -0.25) is 0 Å². The van der Waals surface area contributed by atoms with Gasteiger partial charge < -0.3 is 15.8 Å². The van der Waals surface area contributed by atoms with Crippen molar-refractivity contribution in [2.75, 3.05) is 6.54 Å². The van der Waals surface area contributed by atoms with Crippen LogP contribution in [0.1, 0.15) is 5.56 Å². The van der Waals surface area contributed by atoms with Crippen LogP contribution in [0.4, 0.5) is 4.79 Å². The predicted octanol–water partition coefficient (Wildman–Crippen LogP) is 1.24. The van der Waals surface area contributed by atoms with Gasteiger partial charge in [-0.2, -0.15) is 0 Å². The first-order valence-corrected chi connectivity index (χ1v) is 5.35. The monoisotopic (exact) mass is 238 g/mol. The molecule has 1 amide bonds. The largest absolute Gasteiger partial charge is 0.445 e.